The molecule has 144 valence electrons. The number of esters is 1. The van der Waals surface area contributed by atoms with Crippen LogP contribution in [0.25, 0.3) is 0 Å². The van der Waals surface area contributed by atoms with Gasteiger partial charge in [0.2, 0.25) is 0 Å². The van der Waals surface area contributed by atoms with E-state index in [2.05, 4.69) is 15.4 Å². The Morgan fingerprint density at radius 1 is 1.15 bits per heavy atom. The number of thiocarbonyl (C=S) groups is 1. The predicted octanol–water partition coefficient (Wildman–Crippen LogP) is 4.25. The Bertz CT molecular complexity index is 812. The van der Waals surface area contributed by atoms with Crippen LogP contribution in [0.4, 0.5) is 18.9 Å². The Hall–Kier alpha value is -2.81. The molecule has 0 aliphatic heterocycles. The minimum absolute atomic E-state index is 0.193. The third kappa shape index (κ3) is 7.14. The summed E-state index contributed by atoms with van der Waals surface area (Å²) in [6, 6.07) is 12.2. The fourth-order valence-electron chi connectivity index (χ4n) is 2.15. The van der Waals surface area contributed by atoms with Crippen molar-refractivity contribution < 1.29 is 27.4 Å². The number of alkyl halides is 3. The molecule has 2 aromatic rings. The van der Waals surface area contributed by atoms with Gasteiger partial charge in [-0.3, -0.25) is 0 Å². The second-order valence-electron chi connectivity index (χ2n) is 5.30. The molecule has 9 heteroatoms. The van der Waals surface area contributed by atoms with Crippen LogP contribution in [0.1, 0.15) is 22.8 Å². The van der Waals surface area contributed by atoms with E-state index in [9.17, 15) is 18.0 Å². The van der Waals surface area contributed by atoms with Gasteiger partial charge in [-0.1, -0.05) is 18.2 Å². The molecule has 0 saturated carbocycles. The lowest BCUT2D eigenvalue weighted by atomic mass is 10.2. The molecule has 0 amide bonds. The van der Waals surface area contributed by atoms with E-state index in [0.717, 1.165) is 0 Å². The Morgan fingerprint density at radius 3 is 2.59 bits per heavy atom. The van der Waals surface area contributed by atoms with Gasteiger partial charge < -0.3 is 20.1 Å². The van der Waals surface area contributed by atoms with E-state index >= 15 is 0 Å². The molecule has 27 heavy (non-hydrogen) atoms. The van der Waals surface area contributed by atoms with E-state index in [-0.39, 0.29) is 24.0 Å². The number of ether oxygens (including phenoxy) is 2. The molecule has 0 aromatic heterocycles. The van der Waals surface area contributed by atoms with Crippen LogP contribution in [0.5, 0.6) is 5.75 Å². The van der Waals surface area contributed by atoms with Crippen LogP contribution in [-0.2, 0) is 11.3 Å². The van der Waals surface area contributed by atoms with E-state index in [0.29, 0.717) is 16.8 Å². The van der Waals surface area contributed by atoms with Crippen molar-refractivity contribution in [1.82, 2.24) is 5.32 Å². The maximum atomic E-state index is 12.3. The van der Waals surface area contributed by atoms with Crippen molar-refractivity contribution >= 4 is 29.0 Å². The first-order chi connectivity index (χ1) is 12.8. The molecule has 0 spiro atoms. The molecule has 0 aliphatic rings. The summed E-state index contributed by atoms with van der Waals surface area (Å²) in [5.74, 6) is -0.746. The number of carbonyl (C=O) groups excluding carboxylic acids is 1. The van der Waals surface area contributed by atoms with Crippen LogP contribution in [0, 0.1) is 0 Å². The fourth-order valence-corrected chi connectivity index (χ4v) is 2.34. The van der Waals surface area contributed by atoms with Gasteiger partial charge >= 0.3 is 12.3 Å². The van der Waals surface area contributed by atoms with Crippen molar-refractivity contribution in [1.29, 1.82) is 0 Å². The van der Waals surface area contributed by atoms with Crippen molar-refractivity contribution in [3.8, 4) is 5.75 Å². The lowest BCUT2D eigenvalue weighted by Gasteiger charge is -2.13. The van der Waals surface area contributed by atoms with Gasteiger partial charge in [-0.05, 0) is 55.0 Å². The maximum absolute atomic E-state index is 12.3. The highest BCUT2D eigenvalue weighted by Crippen LogP contribution is 2.23. The predicted molar refractivity (Wildman–Crippen MR) is 98.6 cm³/mol. The Morgan fingerprint density at radius 2 is 1.89 bits per heavy atom. The van der Waals surface area contributed by atoms with E-state index in [4.69, 9.17) is 17.0 Å². The molecule has 0 saturated heterocycles. The van der Waals surface area contributed by atoms with Crippen LogP contribution < -0.4 is 15.4 Å². The van der Waals surface area contributed by atoms with Gasteiger partial charge in [-0.25, -0.2) is 4.79 Å². The molecular weight excluding hydrogens is 381 g/mol. The molecule has 2 rings (SSSR count). The van der Waals surface area contributed by atoms with Gasteiger partial charge in [0.25, 0.3) is 0 Å². The maximum Gasteiger partial charge on any atom is 0.573 e. The molecule has 2 aromatic carbocycles. The van der Waals surface area contributed by atoms with E-state index in [1.807, 2.05) is 0 Å². The van der Waals surface area contributed by atoms with Crippen molar-refractivity contribution in [2.45, 2.75) is 19.8 Å². The standard InChI is InChI=1S/C18H17F3N2O3S/c1-2-25-16(24)13-6-4-7-14(10-13)23-17(27)22-11-12-5-3-8-15(9-12)26-18(19,20)21/h3-10H,2,11H2,1H3,(H2,22,23,27). The highest BCUT2D eigenvalue weighted by Gasteiger charge is 2.31. The molecule has 0 heterocycles. The van der Waals surface area contributed by atoms with Crippen molar-refractivity contribution in [3.63, 3.8) is 0 Å². The van der Waals surface area contributed by atoms with E-state index in [1.54, 1.807) is 37.3 Å². The van der Waals surface area contributed by atoms with Crippen molar-refractivity contribution in [2.75, 3.05) is 11.9 Å². The first kappa shape index (κ1) is 20.5. The van der Waals surface area contributed by atoms with Crippen LogP contribution in [0.2, 0.25) is 0 Å². The summed E-state index contributed by atoms with van der Waals surface area (Å²) < 4.78 is 45.6. The third-order valence-corrected chi connectivity index (χ3v) is 3.46. The lowest BCUT2D eigenvalue weighted by Crippen LogP contribution is -2.28. The topological polar surface area (TPSA) is 59.6 Å². The highest BCUT2D eigenvalue weighted by molar-refractivity contribution is 7.80. The van der Waals surface area contributed by atoms with E-state index in [1.165, 1.54) is 18.2 Å². The fraction of sp³-hybridized carbons (Fsp3) is 0.222. The van der Waals surface area contributed by atoms with Gasteiger partial charge in [0.1, 0.15) is 5.75 Å². The Balaban J connectivity index is 1.92. The number of benzene rings is 2. The average Bonchev–Trinajstić information content (AvgIpc) is 2.59. The van der Waals surface area contributed by atoms with E-state index < -0.39 is 12.3 Å². The Kier molecular flexibility index (Phi) is 7.00. The van der Waals surface area contributed by atoms with Crippen molar-refractivity contribution in [2.24, 2.45) is 0 Å². The SMILES string of the molecule is CCOC(=O)c1cccc(NC(=S)NCc2cccc(OC(F)(F)F)c2)c1. The summed E-state index contributed by atoms with van der Waals surface area (Å²) in [5, 5.41) is 6.03. The molecule has 0 aliphatic carbocycles. The molecule has 2 N–H and O–H groups in total. The van der Waals surface area contributed by atoms with Crippen LogP contribution in [-0.4, -0.2) is 24.1 Å². The molecule has 0 radical (unpaired) electrons. The van der Waals surface area contributed by atoms with Crippen LogP contribution in [0.15, 0.2) is 48.5 Å². The molecular formula is C18H17F3N2O3S. The third-order valence-electron chi connectivity index (χ3n) is 3.22. The monoisotopic (exact) mass is 398 g/mol. The summed E-state index contributed by atoms with van der Waals surface area (Å²) in [5.41, 5.74) is 1.51. The molecule has 0 bridgehead atoms. The first-order valence-electron chi connectivity index (χ1n) is 7.93. The number of anilines is 1. The minimum Gasteiger partial charge on any atom is -0.462 e. The number of carbonyl (C=O) groups is 1. The van der Waals surface area contributed by atoms with Gasteiger partial charge in [0, 0.05) is 12.2 Å². The van der Waals surface area contributed by atoms with Gasteiger partial charge in [-0.2, -0.15) is 0 Å². The second kappa shape index (κ2) is 9.22. The molecule has 0 atom stereocenters. The average molecular weight is 398 g/mol. The largest absolute Gasteiger partial charge is 0.573 e. The Labute approximate surface area is 159 Å². The number of rotatable bonds is 6. The summed E-state index contributed by atoms with van der Waals surface area (Å²) in [6.07, 6.45) is -4.74. The summed E-state index contributed by atoms with van der Waals surface area (Å²) in [6.45, 7) is 2.18. The zero-order chi connectivity index (χ0) is 19.9. The zero-order valence-electron chi connectivity index (χ0n) is 14.3. The molecule has 0 unspecified atom stereocenters. The minimum atomic E-state index is -4.74. The number of hydrogen-bond donors (Lipinski definition) is 2. The second-order valence-corrected chi connectivity index (χ2v) is 5.71. The number of halogens is 3. The van der Waals surface area contributed by atoms with Crippen LogP contribution >= 0.6 is 12.2 Å². The van der Waals surface area contributed by atoms with Crippen molar-refractivity contribution in [3.05, 3.63) is 59.7 Å². The number of nitrogens with one attached hydrogen (secondary N) is 2. The first-order valence-corrected chi connectivity index (χ1v) is 8.34. The number of hydrogen-bond acceptors (Lipinski definition) is 4. The molecule has 0 fully saturated rings. The lowest BCUT2D eigenvalue weighted by molar-refractivity contribution is -0.274. The highest BCUT2D eigenvalue weighted by atomic mass is 32.1. The van der Waals surface area contributed by atoms with Gasteiger partial charge in [0.15, 0.2) is 5.11 Å². The summed E-state index contributed by atoms with van der Waals surface area (Å²) >= 11 is 5.17. The normalized spacial score (nSPS) is 10.8. The summed E-state index contributed by atoms with van der Waals surface area (Å²) in [7, 11) is 0. The van der Waals surface area contributed by atoms with Gasteiger partial charge in [-0.15, -0.1) is 13.2 Å². The smallest absolute Gasteiger partial charge is 0.462 e. The molecule has 5 nitrogen and oxygen atoms in total. The quantitative estimate of drug-likeness (QED) is 0.561. The summed E-state index contributed by atoms with van der Waals surface area (Å²) in [4.78, 5) is 11.7. The van der Waals surface area contributed by atoms with Crippen LogP contribution in [0.3, 0.4) is 0 Å². The zero-order valence-corrected chi connectivity index (χ0v) is 15.1. The van der Waals surface area contributed by atoms with Gasteiger partial charge in [0.05, 0.1) is 12.2 Å².